The number of piperazine rings is 1. The molecule has 1 aromatic rings. The van der Waals surface area contributed by atoms with E-state index in [-0.39, 0.29) is 23.1 Å². The number of likely N-dealkylation sites (N-methyl/N-ethyl adjacent to an activating group) is 1. The molecule has 1 unspecified atom stereocenters. The first-order valence-corrected chi connectivity index (χ1v) is 10.3. The number of aldehydes is 1. The van der Waals surface area contributed by atoms with E-state index in [0.717, 1.165) is 31.5 Å². The molecular weight excluding hydrogens is 366 g/mol. The fourth-order valence-corrected chi connectivity index (χ4v) is 4.69. The topological polar surface area (TPSA) is 73.2 Å². The van der Waals surface area contributed by atoms with Gasteiger partial charge < -0.3 is 14.9 Å². The fourth-order valence-electron chi connectivity index (χ4n) is 4.69. The number of hydrogen-bond acceptors (Lipinski definition) is 4. The highest BCUT2D eigenvalue weighted by molar-refractivity contribution is 6.03. The first-order chi connectivity index (χ1) is 13.8. The Morgan fingerprint density at radius 3 is 2.62 bits per heavy atom. The van der Waals surface area contributed by atoms with E-state index in [1.54, 1.807) is 23.9 Å². The summed E-state index contributed by atoms with van der Waals surface area (Å²) in [6.07, 6.45) is 5.45. The summed E-state index contributed by atoms with van der Waals surface area (Å²) in [4.78, 5) is 32.0. The minimum Gasteiger partial charge on any atom is -0.503 e. The van der Waals surface area contributed by atoms with Crippen LogP contribution in [0.15, 0.2) is 40.7 Å². The zero-order chi connectivity index (χ0) is 21.2. The molecule has 6 heteroatoms. The Bertz CT molecular complexity index is 853. The Labute approximate surface area is 172 Å². The van der Waals surface area contributed by atoms with Crippen LogP contribution in [-0.4, -0.2) is 59.6 Å². The van der Waals surface area contributed by atoms with Crippen LogP contribution < -0.4 is 0 Å². The van der Waals surface area contributed by atoms with Crippen molar-refractivity contribution in [1.29, 1.82) is 0 Å². The summed E-state index contributed by atoms with van der Waals surface area (Å²) in [6.45, 7) is 4.55. The van der Waals surface area contributed by atoms with Gasteiger partial charge in [-0.25, -0.2) is 0 Å². The molecule has 1 heterocycles. The van der Waals surface area contributed by atoms with Crippen molar-refractivity contribution in [2.75, 3.05) is 20.6 Å². The number of nitrogens with zero attached hydrogens (tertiary/aromatic N) is 3. The van der Waals surface area contributed by atoms with Crippen LogP contribution in [-0.2, 0) is 15.0 Å². The molecule has 2 aliphatic rings. The first-order valence-electron chi connectivity index (χ1n) is 10.3. The Hall–Kier alpha value is -2.63. The van der Waals surface area contributed by atoms with Gasteiger partial charge in [-0.2, -0.15) is 0 Å². The normalized spacial score (nSPS) is 24.1. The molecule has 0 bridgehead atoms. The lowest BCUT2D eigenvalue weighted by Crippen LogP contribution is -2.55. The second-order valence-corrected chi connectivity index (χ2v) is 8.40. The van der Waals surface area contributed by atoms with E-state index in [0.29, 0.717) is 19.3 Å². The minimum atomic E-state index is -0.536. The van der Waals surface area contributed by atoms with Crippen LogP contribution in [0.25, 0.3) is 0 Å². The van der Waals surface area contributed by atoms with Gasteiger partial charge in [0.15, 0.2) is 17.7 Å². The van der Waals surface area contributed by atoms with Crippen LogP contribution in [0.5, 0.6) is 0 Å². The monoisotopic (exact) mass is 397 g/mol. The number of aliphatic hydroxyl groups is 1. The van der Waals surface area contributed by atoms with Crippen LogP contribution >= 0.6 is 0 Å². The zero-order valence-electron chi connectivity index (χ0n) is 17.8. The molecule has 3 rings (SSSR count). The van der Waals surface area contributed by atoms with Gasteiger partial charge in [-0.05, 0) is 32.3 Å². The maximum atomic E-state index is 12.9. The van der Waals surface area contributed by atoms with Gasteiger partial charge in [0.05, 0.1) is 0 Å². The summed E-state index contributed by atoms with van der Waals surface area (Å²) in [5, 5.41) is 10.2. The molecule has 1 atom stereocenters. The molecule has 0 spiro atoms. The van der Waals surface area contributed by atoms with Crippen LogP contribution in [0.1, 0.15) is 50.2 Å². The molecule has 1 amide bonds. The minimum absolute atomic E-state index is 0.0265. The predicted molar refractivity (Wildman–Crippen MR) is 114 cm³/mol. The molecule has 1 saturated carbocycles. The molecular formula is C23H31N3O3. The summed E-state index contributed by atoms with van der Waals surface area (Å²) in [5.41, 5.74) is 2.51. The first kappa shape index (κ1) is 21.1. The molecule has 1 aliphatic carbocycles. The molecule has 1 aliphatic heterocycles. The molecule has 1 saturated heterocycles. The number of allylic oxidation sites excluding steroid dienone is 1. The highest BCUT2D eigenvalue weighted by Crippen LogP contribution is 2.45. The molecule has 1 N–H and O–H groups in total. The van der Waals surface area contributed by atoms with Crippen molar-refractivity contribution in [3.05, 3.63) is 46.8 Å². The molecule has 1 aromatic carbocycles. The third-order valence-electron chi connectivity index (χ3n) is 6.51. The number of rotatable bonds is 4. The Morgan fingerprint density at radius 2 is 2.03 bits per heavy atom. The Kier molecular flexibility index (Phi) is 6.10. The summed E-state index contributed by atoms with van der Waals surface area (Å²) < 4.78 is 0. The standard InChI is InChI=1S/C23H31N3O3/c1-16-8-7-9-18(12-16)23(10-5-6-11-23)13-20(24-3)26-14-17(2)25(4)22(29)21(26)19(28)15-27/h7-9,12,15,17,28H,5-6,10-11,13-14H2,1-4H3/b21-19+,24-20-. The van der Waals surface area contributed by atoms with E-state index < -0.39 is 5.76 Å². The zero-order valence-corrected chi connectivity index (χ0v) is 17.8. The number of aryl methyl sites for hydroxylation is 1. The smallest absolute Gasteiger partial charge is 0.274 e. The number of carbonyl (C=O) groups is 2. The lowest BCUT2D eigenvalue weighted by molar-refractivity contribution is -0.132. The fraction of sp³-hybridized carbons (Fsp3) is 0.522. The lowest BCUT2D eigenvalue weighted by Gasteiger charge is -2.42. The molecule has 0 aromatic heterocycles. The molecule has 6 nitrogen and oxygen atoms in total. The van der Waals surface area contributed by atoms with Gasteiger partial charge >= 0.3 is 0 Å². The number of amidine groups is 1. The van der Waals surface area contributed by atoms with E-state index in [9.17, 15) is 14.7 Å². The number of amides is 1. The maximum Gasteiger partial charge on any atom is 0.274 e. The van der Waals surface area contributed by atoms with E-state index in [2.05, 4.69) is 36.2 Å². The van der Waals surface area contributed by atoms with Crippen LogP contribution in [0, 0.1) is 6.92 Å². The molecule has 2 fully saturated rings. The average molecular weight is 398 g/mol. The van der Waals surface area contributed by atoms with E-state index in [1.807, 2.05) is 6.92 Å². The number of hydrogen-bond donors (Lipinski definition) is 1. The van der Waals surface area contributed by atoms with Crippen molar-refractivity contribution in [2.24, 2.45) is 4.99 Å². The van der Waals surface area contributed by atoms with Crippen molar-refractivity contribution in [2.45, 2.75) is 57.4 Å². The van der Waals surface area contributed by atoms with E-state index >= 15 is 0 Å². The van der Waals surface area contributed by atoms with Crippen molar-refractivity contribution in [3.63, 3.8) is 0 Å². The third kappa shape index (κ3) is 3.93. The van der Waals surface area contributed by atoms with Gasteiger partial charge in [0.2, 0.25) is 0 Å². The Balaban J connectivity index is 2.01. The van der Waals surface area contributed by atoms with E-state index in [4.69, 9.17) is 0 Å². The second-order valence-electron chi connectivity index (χ2n) is 8.40. The number of aliphatic hydroxyl groups excluding tert-OH is 1. The highest BCUT2D eigenvalue weighted by Gasteiger charge is 2.41. The number of benzene rings is 1. The molecule has 29 heavy (non-hydrogen) atoms. The lowest BCUT2D eigenvalue weighted by atomic mass is 9.75. The van der Waals surface area contributed by atoms with E-state index in [1.165, 1.54) is 11.1 Å². The summed E-state index contributed by atoms with van der Waals surface area (Å²) in [5.74, 6) is -0.151. The van der Waals surface area contributed by atoms with Gasteiger partial charge in [-0.15, -0.1) is 0 Å². The van der Waals surface area contributed by atoms with Crippen LogP contribution in [0.2, 0.25) is 0 Å². The van der Waals surface area contributed by atoms with Gasteiger partial charge in [0, 0.05) is 38.5 Å². The van der Waals surface area contributed by atoms with Gasteiger partial charge in [-0.3, -0.25) is 14.6 Å². The predicted octanol–water partition coefficient (Wildman–Crippen LogP) is 3.36. The largest absolute Gasteiger partial charge is 0.503 e. The van der Waals surface area contributed by atoms with Gasteiger partial charge in [0.25, 0.3) is 5.91 Å². The summed E-state index contributed by atoms with van der Waals surface area (Å²) in [7, 11) is 3.41. The van der Waals surface area contributed by atoms with Crippen LogP contribution in [0.4, 0.5) is 0 Å². The second kappa shape index (κ2) is 8.39. The summed E-state index contributed by atoms with van der Waals surface area (Å²) >= 11 is 0. The quantitative estimate of drug-likeness (QED) is 0.278. The molecule has 156 valence electrons. The van der Waals surface area contributed by atoms with Crippen molar-refractivity contribution < 1.29 is 14.7 Å². The SMILES string of the molecule is C/N=C(/CC1(c2cccc(C)c2)CCCC1)N1CC(C)N(C)C(=O)/C1=C(\O)C=O. The highest BCUT2D eigenvalue weighted by atomic mass is 16.3. The summed E-state index contributed by atoms with van der Waals surface area (Å²) in [6, 6.07) is 8.57. The van der Waals surface area contributed by atoms with Crippen LogP contribution in [0.3, 0.4) is 0 Å². The van der Waals surface area contributed by atoms with Crippen molar-refractivity contribution >= 4 is 18.0 Å². The van der Waals surface area contributed by atoms with Gasteiger partial charge in [-0.1, -0.05) is 42.7 Å². The van der Waals surface area contributed by atoms with Crippen molar-refractivity contribution in [3.8, 4) is 0 Å². The maximum absolute atomic E-state index is 12.9. The molecule has 0 radical (unpaired) electrons. The number of carbonyl (C=O) groups excluding carboxylic acids is 2. The Morgan fingerprint density at radius 1 is 1.34 bits per heavy atom. The average Bonchev–Trinajstić information content (AvgIpc) is 3.19. The third-order valence-corrected chi connectivity index (χ3v) is 6.51. The van der Waals surface area contributed by atoms with Gasteiger partial charge in [0.1, 0.15) is 5.84 Å². The van der Waals surface area contributed by atoms with Crippen molar-refractivity contribution in [1.82, 2.24) is 9.80 Å². The number of aliphatic imine (C=N–C) groups is 1.